The van der Waals surface area contributed by atoms with Gasteiger partial charge in [-0.2, -0.15) is 0 Å². The van der Waals surface area contributed by atoms with Crippen molar-refractivity contribution < 1.29 is 5.11 Å². The minimum absolute atomic E-state index is 0.0790. The van der Waals surface area contributed by atoms with Gasteiger partial charge in [-0.15, -0.1) is 0 Å². The van der Waals surface area contributed by atoms with Gasteiger partial charge in [0.15, 0.2) is 0 Å². The van der Waals surface area contributed by atoms with E-state index in [4.69, 9.17) is 0 Å². The zero-order valence-electron chi connectivity index (χ0n) is 14.1. The average Bonchev–Trinajstić information content (AvgIpc) is 2.58. The van der Waals surface area contributed by atoms with Gasteiger partial charge in [0.2, 0.25) is 0 Å². The second kappa shape index (κ2) is 4.16. The van der Waals surface area contributed by atoms with Crippen LogP contribution in [0.15, 0.2) is 12.2 Å². The second-order valence-corrected chi connectivity index (χ2v) is 9.82. The standard InChI is InChI=1S/C20H32O/c1-13-11-20-9-6-16-18(2,3)7-5-8-19(16,4)17(20)15(21)10-14(13)12-20/h14-17,21H,1,5-12H2,2-4H3/t14-,15-,16-,17+,19+,20-/m1/s1. The Hall–Kier alpha value is -0.300. The Labute approximate surface area is 130 Å². The van der Waals surface area contributed by atoms with E-state index < -0.39 is 0 Å². The fourth-order valence-electron chi connectivity index (χ4n) is 7.80. The van der Waals surface area contributed by atoms with E-state index in [2.05, 4.69) is 27.4 Å². The van der Waals surface area contributed by atoms with Gasteiger partial charge in [-0.3, -0.25) is 0 Å². The molecule has 0 saturated heterocycles. The maximum atomic E-state index is 11.0. The molecule has 21 heavy (non-hydrogen) atoms. The van der Waals surface area contributed by atoms with Crippen molar-refractivity contribution in [1.29, 1.82) is 0 Å². The molecule has 0 aromatic carbocycles. The highest BCUT2D eigenvalue weighted by Crippen LogP contribution is 2.71. The minimum Gasteiger partial charge on any atom is -0.393 e. The zero-order valence-corrected chi connectivity index (χ0v) is 14.1. The molecule has 0 amide bonds. The molecule has 2 bridgehead atoms. The smallest absolute Gasteiger partial charge is 0.0584 e. The topological polar surface area (TPSA) is 20.2 Å². The molecule has 1 N–H and O–H groups in total. The Kier molecular flexibility index (Phi) is 2.83. The Bertz CT molecular complexity index is 478. The lowest BCUT2D eigenvalue weighted by Crippen LogP contribution is -2.59. The van der Waals surface area contributed by atoms with Crippen LogP contribution in [0.1, 0.15) is 72.1 Å². The molecule has 118 valence electrons. The molecule has 4 rings (SSSR count). The van der Waals surface area contributed by atoms with Crippen molar-refractivity contribution in [2.45, 2.75) is 78.2 Å². The fraction of sp³-hybridized carbons (Fsp3) is 0.900. The number of rotatable bonds is 0. The number of aliphatic hydroxyl groups excluding tert-OH is 1. The van der Waals surface area contributed by atoms with Crippen molar-refractivity contribution in [1.82, 2.24) is 0 Å². The molecule has 0 unspecified atom stereocenters. The summed E-state index contributed by atoms with van der Waals surface area (Å²) in [4.78, 5) is 0. The highest BCUT2D eigenvalue weighted by Gasteiger charge is 2.65. The largest absolute Gasteiger partial charge is 0.393 e. The molecule has 1 nitrogen and oxygen atoms in total. The third-order valence-corrected chi connectivity index (χ3v) is 8.30. The lowest BCUT2D eigenvalue weighted by atomic mass is 9.41. The Morgan fingerprint density at radius 3 is 2.67 bits per heavy atom. The summed E-state index contributed by atoms with van der Waals surface area (Å²) >= 11 is 0. The third kappa shape index (κ3) is 1.73. The van der Waals surface area contributed by atoms with Crippen LogP contribution >= 0.6 is 0 Å². The van der Waals surface area contributed by atoms with E-state index in [1.165, 1.54) is 50.5 Å². The number of aliphatic hydroxyl groups is 1. The molecule has 4 aliphatic carbocycles. The fourth-order valence-corrected chi connectivity index (χ4v) is 7.80. The van der Waals surface area contributed by atoms with Crippen molar-refractivity contribution >= 4 is 0 Å². The van der Waals surface area contributed by atoms with Crippen LogP contribution in [0.2, 0.25) is 0 Å². The van der Waals surface area contributed by atoms with Gasteiger partial charge in [0.05, 0.1) is 6.10 Å². The first-order chi connectivity index (χ1) is 9.79. The van der Waals surface area contributed by atoms with Gasteiger partial charge >= 0.3 is 0 Å². The predicted octanol–water partition coefficient (Wildman–Crippen LogP) is 4.95. The summed E-state index contributed by atoms with van der Waals surface area (Å²) in [6.07, 6.45) is 10.2. The summed E-state index contributed by atoms with van der Waals surface area (Å²) in [6.45, 7) is 11.9. The number of hydrogen-bond acceptors (Lipinski definition) is 1. The van der Waals surface area contributed by atoms with Crippen LogP contribution in [0.3, 0.4) is 0 Å². The maximum absolute atomic E-state index is 11.0. The van der Waals surface area contributed by atoms with Crippen molar-refractivity contribution in [3.63, 3.8) is 0 Å². The molecule has 4 fully saturated rings. The zero-order chi connectivity index (χ0) is 15.0. The molecule has 4 aliphatic rings. The van der Waals surface area contributed by atoms with E-state index >= 15 is 0 Å². The molecular formula is C20H32O. The molecule has 1 heteroatoms. The number of fused-ring (bicyclic) bond motifs is 3. The van der Waals surface area contributed by atoms with Crippen LogP contribution in [0.4, 0.5) is 0 Å². The van der Waals surface area contributed by atoms with E-state index in [-0.39, 0.29) is 6.10 Å². The summed E-state index contributed by atoms with van der Waals surface area (Å²) in [6, 6.07) is 0. The normalized spacial score (nSPS) is 55.0. The molecule has 0 aliphatic heterocycles. The molecule has 6 atom stereocenters. The van der Waals surface area contributed by atoms with Crippen LogP contribution in [0.5, 0.6) is 0 Å². The van der Waals surface area contributed by atoms with Gasteiger partial charge in [0.1, 0.15) is 0 Å². The summed E-state index contributed by atoms with van der Waals surface area (Å²) in [7, 11) is 0. The summed E-state index contributed by atoms with van der Waals surface area (Å²) in [5.41, 5.74) is 2.67. The monoisotopic (exact) mass is 288 g/mol. The SMILES string of the molecule is C=C1C[C@@]23CC[C@@H]4C(C)(C)CCC[C@]4(C)[C@@H]2[C@H](O)C[C@@H]1C3. The van der Waals surface area contributed by atoms with Crippen LogP contribution in [-0.2, 0) is 0 Å². The summed E-state index contributed by atoms with van der Waals surface area (Å²) < 4.78 is 0. The Morgan fingerprint density at radius 2 is 1.90 bits per heavy atom. The second-order valence-electron chi connectivity index (χ2n) is 9.82. The Balaban J connectivity index is 1.78. The molecule has 1 spiro atoms. The minimum atomic E-state index is -0.0790. The van der Waals surface area contributed by atoms with Gasteiger partial charge in [0, 0.05) is 0 Å². The molecule has 0 radical (unpaired) electrons. The molecule has 4 saturated carbocycles. The first-order valence-corrected chi connectivity index (χ1v) is 9.14. The lowest BCUT2D eigenvalue weighted by Gasteiger charge is -2.64. The van der Waals surface area contributed by atoms with Crippen molar-refractivity contribution in [2.24, 2.45) is 34.0 Å². The number of hydrogen-bond donors (Lipinski definition) is 1. The van der Waals surface area contributed by atoms with Crippen LogP contribution < -0.4 is 0 Å². The highest BCUT2D eigenvalue weighted by atomic mass is 16.3. The summed E-state index contributed by atoms with van der Waals surface area (Å²) in [5, 5.41) is 11.0. The quantitative estimate of drug-likeness (QED) is 0.626. The third-order valence-electron chi connectivity index (χ3n) is 8.30. The lowest BCUT2D eigenvalue weighted by molar-refractivity contribution is -0.184. The predicted molar refractivity (Wildman–Crippen MR) is 86.9 cm³/mol. The molecule has 0 heterocycles. The van der Waals surface area contributed by atoms with Gasteiger partial charge in [0.25, 0.3) is 0 Å². The van der Waals surface area contributed by atoms with Gasteiger partial charge < -0.3 is 5.11 Å². The maximum Gasteiger partial charge on any atom is 0.0584 e. The van der Waals surface area contributed by atoms with Crippen LogP contribution in [-0.4, -0.2) is 11.2 Å². The van der Waals surface area contributed by atoms with Gasteiger partial charge in [-0.05, 0) is 78.9 Å². The van der Waals surface area contributed by atoms with E-state index in [1.54, 1.807) is 0 Å². The van der Waals surface area contributed by atoms with Gasteiger partial charge in [-0.1, -0.05) is 39.3 Å². The highest BCUT2D eigenvalue weighted by molar-refractivity contribution is 5.23. The van der Waals surface area contributed by atoms with E-state index in [0.29, 0.717) is 28.1 Å². The van der Waals surface area contributed by atoms with Crippen LogP contribution in [0, 0.1) is 34.0 Å². The Morgan fingerprint density at radius 1 is 1.14 bits per heavy atom. The molecular weight excluding hydrogens is 256 g/mol. The number of allylic oxidation sites excluding steroid dienone is 1. The first kappa shape index (κ1) is 14.3. The first-order valence-electron chi connectivity index (χ1n) is 9.14. The van der Waals surface area contributed by atoms with Crippen LogP contribution in [0.25, 0.3) is 0 Å². The van der Waals surface area contributed by atoms with E-state index in [9.17, 15) is 5.11 Å². The van der Waals surface area contributed by atoms with E-state index in [1.807, 2.05) is 0 Å². The van der Waals surface area contributed by atoms with Crippen molar-refractivity contribution in [3.05, 3.63) is 12.2 Å². The molecule has 0 aromatic heterocycles. The molecule has 0 aromatic rings. The average molecular weight is 288 g/mol. The van der Waals surface area contributed by atoms with Crippen molar-refractivity contribution in [2.75, 3.05) is 0 Å². The summed E-state index contributed by atoms with van der Waals surface area (Å²) in [5.74, 6) is 1.95. The van der Waals surface area contributed by atoms with E-state index in [0.717, 1.165) is 12.3 Å². The van der Waals surface area contributed by atoms with Crippen molar-refractivity contribution in [3.8, 4) is 0 Å². The van der Waals surface area contributed by atoms with Gasteiger partial charge in [-0.25, -0.2) is 0 Å².